The fourth-order valence-corrected chi connectivity index (χ4v) is 8.20. The van der Waals surface area contributed by atoms with Gasteiger partial charge in [0, 0.05) is 35.7 Å². The molecule has 2 aliphatic rings. The average Bonchev–Trinajstić information content (AvgIpc) is 3.21. The summed E-state index contributed by atoms with van der Waals surface area (Å²) in [4.78, 5) is 43.4. The molecule has 6 rings (SSSR count). The number of carbonyl (C=O) groups is 2. The molecule has 0 spiro atoms. The van der Waals surface area contributed by atoms with E-state index in [1.54, 1.807) is 65.9 Å². The normalized spacial score (nSPS) is 15.6. The number of nitrogen functional groups attached to an aromatic ring is 4. The van der Waals surface area contributed by atoms with E-state index < -0.39 is 34.7 Å². The molecule has 4 aromatic rings. The molecule has 4 heterocycles. The maximum Gasteiger partial charge on any atom is 0.407 e. The van der Waals surface area contributed by atoms with Gasteiger partial charge in [0.25, 0.3) is 0 Å². The molecule has 65 heavy (non-hydrogen) atoms. The Hall–Kier alpha value is -4.47. The molecule has 0 saturated carbocycles. The van der Waals surface area contributed by atoms with Gasteiger partial charge in [-0.15, -0.1) is 0 Å². The summed E-state index contributed by atoms with van der Waals surface area (Å²) in [6, 6.07) is 10.7. The largest absolute Gasteiger partial charge is 0.444 e. The Morgan fingerprint density at radius 2 is 1.15 bits per heavy atom. The van der Waals surface area contributed by atoms with E-state index in [9.17, 15) is 14.0 Å². The number of benzene rings is 2. The van der Waals surface area contributed by atoms with Crippen molar-refractivity contribution in [3.63, 3.8) is 0 Å². The Morgan fingerprint density at radius 3 is 1.58 bits per heavy atom. The highest BCUT2D eigenvalue weighted by molar-refractivity contribution is 7.99. The molecule has 0 bridgehead atoms. The zero-order valence-electron chi connectivity index (χ0n) is 37.1. The summed E-state index contributed by atoms with van der Waals surface area (Å²) in [5.74, 6) is 1.10. The van der Waals surface area contributed by atoms with Gasteiger partial charge in [-0.05, 0) is 91.7 Å². The number of aromatic nitrogens is 4. The number of nitrogens with one attached hydrogen (secondary N) is 3. The molecule has 0 unspecified atom stereocenters. The summed E-state index contributed by atoms with van der Waals surface area (Å²) < 4.78 is 39.4. The second-order valence-electron chi connectivity index (χ2n) is 17.1. The first-order valence-electron chi connectivity index (χ1n) is 20.5. The van der Waals surface area contributed by atoms with Crippen molar-refractivity contribution in [3.8, 4) is 0 Å². The highest BCUT2D eigenvalue weighted by Gasteiger charge is 2.36. The van der Waals surface area contributed by atoms with Crippen LogP contribution in [0.25, 0.3) is 0 Å². The number of rotatable bonds is 9. The standard InChI is InChI=1S/C21H28ClFN6O2S.C11H21FN2O2.C10H8Cl2N4S/c1-20(2,3)31-19(30)27-12-21(23)7-9-29(10-8-21)15-11-26-18(17(25)28-15)32-14-6-4-5-13(24)16(14)22;1-10(2,3)16-9(15)14-8-11(12)4-6-13-7-5-11;11-7-4-15-10(9(14)16-7)17-6-3-1-2-5(13)8(6)12/h4-6,11H,7-10,12,24H2,1-3H3,(H2,25,28)(H,27,30);13H,4-8H2,1-3H3,(H,14,15);1-4H,13H2,(H2,14,16). The van der Waals surface area contributed by atoms with Gasteiger partial charge in [0.1, 0.15) is 43.6 Å². The quantitative estimate of drug-likeness (QED) is 0.0773. The lowest BCUT2D eigenvalue weighted by molar-refractivity contribution is 0.0441. The lowest BCUT2D eigenvalue weighted by atomic mass is 9.93. The first-order valence-corrected chi connectivity index (χ1v) is 23.2. The number of piperidine rings is 2. The third-order valence-corrected chi connectivity index (χ3v) is 12.7. The van der Waals surface area contributed by atoms with Gasteiger partial charge in [-0.1, -0.05) is 70.5 Å². The van der Waals surface area contributed by atoms with E-state index in [0.717, 1.165) is 9.79 Å². The van der Waals surface area contributed by atoms with Gasteiger partial charge in [0.2, 0.25) is 0 Å². The maximum atomic E-state index is 15.1. The lowest BCUT2D eigenvalue weighted by Gasteiger charge is -2.37. The molecule has 2 aromatic carbocycles. The second kappa shape index (κ2) is 23.3. The number of nitrogens with zero attached hydrogens (tertiary/aromatic N) is 5. The van der Waals surface area contributed by atoms with Crippen LogP contribution in [0.5, 0.6) is 0 Å². The summed E-state index contributed by atoms with van der Waals surface area (Å²) in [5.41, 5.74) is 20.4. The zero-order chi connectivity index (χ0) is 48.2. The Kier molecular flexibility index (Phi) is 19.1. The number of amides is 2. The summed E-state index contributed by atoms with van der Waals surface area (Å²) in [7, 11) is 0. The van der Waals surface area contributed by atoms with Gasteiger partial charge < -0.3 is 53.3 Å². The summed E-state index contributed by atoms with van der Waals surface area (Å²) in [6.45, 7) is 12.7. The van der Waals surface area contributed by atoms with Crippen molar-refractivity contribution in [2.75, 3.05) is 67.1 Å². The van der Waals surface area contributed by atoms with E-state index in [-0.39, 0.29) is 42.7 Å². The molecule has 2 saturated heterocycles. The Balaban J connectivity index is 0.000000236. The third-order valence-electron chi connectivity index (χ3n) is 9.27. The van der Waals surface area contributed by atoms with E-state index in [2.05, 4.69) is 35.9 Å². The van der Waals surface area contributed by atoms with Crippen molar-refractivity contribution >= 4 is 99.3 Å². The molecular weight excluding hydrogens is 945 g/mol. The predicted octanol–water partition coefficient (Wildman–Crippen LogP) is 8.98. The van der Waals surface area contributed by atoms with E-state index in [4.69, 9.17) is 67.2 Å². The summed E-state index contributed by atoms with van der Waals surface area (Å²) >= 11 is 20.5. The van der Waals surface area contributed by atoms with Gasteiger partial charge in [-0.2, -0.15) is 0 Å². The van der Waals surface area contributed by atoms with Gasteiger partial charge in [-0.25, -0.2) is 38.3 Å². The number of carbonyl (C=O) groups excluding carboxylic acids is 2. The molecule has 2 aliphatic heterocycles. The highest BCUT2D eigenvalue weighted by atomic mass is 35.5. The van der Waals surface area contributed by atoms with Gasteiger partial charge in [0.15, 0.2) is 11.6 Å². The summed E-state index contributed by atoms with van der Waals surface area (Å²) in [6.07, 6.45) is 3.21. The van der Waals surface area contributed by atoms with Crippen molar-refractivity contribution in [1.29, 1.82) is 0 Å². The van der Waals surface area contributed by atoms with Crippen LogP contribution in [0, 0.1) is 0 Å². The van der Waals surface area contributed by atoms with Crippen molar-refractivity contribution in [1.82, 2.24) is 35.9 Å². The van der Waals surface area contributed by atoms with Crippen LogP contribution in [-0.4, -0.2) is 93.9 Å². The number of alkyl carbamates (subject to hydrolysis) is 2. The van der Waals surface area contributed by atoms with E-state index in [0.29, 0.717) is 76.3 Å². The molecule has 356 valence electrons. The van der Waals surface area contributed by atoms with Gasteiger partial charge in [0.05, 0.1) is 46.9 Å². The minimum absolute atomic E-state index is 0.0313. The van der Waals surface area contributed by atoms with Crippen LogP contribution in [0.4, 0.5) is 47.2 Å². The molecule has 11 N–H and O–H groups in total. The van der Waals surface area contributed by atoms with E-state index >= 15 is 4.39 Å². The smallest absolute Gasteiger partial charge is 0.407 e. The third kappa shape index (κ3) is 17.7. The maximum absolute atomic E-state index is 15.1. The van der Waals surface area contributed by atoms with Crippen LogP contribution < -0.4 is 43.8 Å². The molecule has 0 radical (unpaired) electrons. The van der Waals surface area contributed by atoms with Crippen molar-refractivity contribution in [2.24, 2.45) is 0 Å². The Morgan fingerprint density at radius 1 is 0.723 bits per heavy atom. The van der Waals surface area contributed by atoms with Gasteiger partial charge in [-0.3, -0.25) is 0 Å². The fraction of sp³-hybridized carbons (Fsp3) is 0.476. The SMILES string of the molecule is CC(C)(C)OC(=O)NCC1(F)CCN(c2cnc(Sc3cccc(N)c3Cl)c(N)n2)CC1.CC(C)(C)OC(=O)NCC1(F)CCNCC1.Nc1cccc(Sc2ncc(Cl)nc2N)c1Cl. The van der Waals surface area contributed by atoms with Crippen LogP contribution in [0.2, 0.25) is 15.2 Å². The van der Waals surface area contributed by atoms with E-state index in [1.807, 2.05) is 23.1 Å². The molecule has 23 heteroatoms. The number of nitrogens with two attached hydrogens (primary N) is 4. The molecule has 0 atom stereocenters. The van der Waals surface area contributed by atoms with Crippen LogP contribution in [-0.2, 0) is 9.47 Å². The molecule has 2 fully saturated rings. The van der Waals surface area contributed by atoms with Crippen LogP contribution in [0.1, 0.15) is 67.2 Å². The number of alkyl halides is 2. The minimum Gasteiger partial charge on any atom is -0.444 e. The first-order chi connectivity index (χ1) is 30.3. The molecule has 2 aromatic heterocycles. The fourth-order valence-electron chi connectivity index (χ4n) is 5.94. The van der Waals surface area contributed by atoms with Crippen LogP contribution in [0.15, 0.2) is 68.6 Å². The van der Waals surface area contributed by atoms with E-state index in [1.165, 1.54) is 29.7 Å². The second-order valence-corrected chi connectivity index (χ2v) is 20.3. The molecular formula is C42H57Cl3F2N12O4S2. The molecule has 16 nitrogen and oxygen atoms in total. The number of halogens is 5. The van der Waals surface area contributed by atoms with Crippen molar-refractivity contribution < 1.29 is 27.8 Å². The zero-order valence-corrected chi connectivity index (χ0v) is 41.0. The first kappa shape index (κ1) is 53.1. The predicted molar refractivity (Wildman–Crippen MR) is 258 cm³/mol. The Bertz CT molecular complexity index is 2240. The molecule has 0 aliphatic carbocycles. The Labute approximate surface area is 401 Å². The van der Waals surface area contributed by atoms with Crippen LogP contribution >= 0.6 is 58.3 Å². The lowest BCUT2D eigenvalue weighted by Crippen LogP contribution is -2.49. The topological polar surface area (TPSA) is 248 Å². The average molecular weight is 1000 g/mol. The number of hydrogen-bond donors (Lipinski definition) is 7. The van der Waals surface area contributed by atoms with Crippen molar-refractivity contribution in [2.45, 2.75) is 110 Å². The number of hydrogen-bond acceptors (Lipinski definition) is 16. The van der Waals surface area contributed by atoms with Crippen LogP contribution in [0.3, 0.4) is 0 Å². The van der Waals surface area contributed by atoms with Gasteiger partial charge >= 0.3 is 12.2 Å². The molecule has 2 amide bonds. The summed E-state index contributed by atoms with van der Waals surface area (Å²) in [5, 5.41) is 10.3. The number of ether oxygens (including phenoxy) is 2. The monoisotopic (exact) mass is 1000 g/mol. The highest BCUT2D eigenvalue weighted by Crippen LogP contribution is 2.39. The van der Waals surface area contributed by atoms with Crippen molar-refractivity contribution in [3.05, 3.63) is 64.0 Å². The minimum atomic E-state index is -1.51. The number of anilines is 5.